The molecule has 0 fully saturated rings. The summed E-state index contributed by atoms with van der Waals surface area (Å²) in [6, 6.07) is 16.1. The molecule has 0 saturated heterocycles. The predicted octanol–water partition coefficient (Wildman–Crippen LogP) is 3.03. The number of carbonyl (C=O) groups excluding carboxylic acids is 1. The normalized spacial score (nSPS) is 11.3. The van der Waals surface area contributed by atoms with E-state index in [-0.39, 0.29) is 23.1 Å². The van der Waals surface area contributed by atoms with Crippen LogP contribution in [0.2, 0.25) is 0 Å². The Morgan fingerprint density at radius 2 is 1.68 bits per heavy atom. The Kier molecular flexibility index (Phi) is 6.20. The number of carbonyl (C=O) groups is 1. The van der Waals surface area contributed by atoms with Crippen LogP contribution in [0, 0.1) is 0 Å². The third-order valence-corrected chi connectivity index (χ3v) is 5.93. The van der Waals surface area contributed by atoms with Crippen molar-refractivity contribution in [3.8, 4) is 0 Å². The Morgan fingerprint density at radius 3 is 2.36 bits per heavy atom. The van der Waals surface area contributed by atoms with Crippen molar-refractivity contribution in [3.05, 3.63) is 71.6 Å². The van der Waals surface area contributed by atoms with Crippen molar-refractivity contribution < 1.29 is 17.6 Å². The second-order valence-electron chi connectivity index (χ2n) is 6.28. The van der Waals surface area contributed by atoms with Gasteiger partial charge in [0.25, 0.3) is 0 Å². The molecule has 0 atom stereocenters. The zero-order valence-electron chi connectivity index (χ0n) is 15.5. The molecule has 0 saturated carbocycles. The smallest absolute Gasteiger partial charge is 0.322 e. The summed E-state index contributed by atoms with van der Waals surface area (Å²) in [5, 5.41) is 10.2. The summed E-state index contributed by atoms with van der Waals surface area (Å²) in [4.78, 5) is 12.2. The molecule has 1 N–H and O–H groups in total. The lowest BCUT2D eigenvalue weighted by Gasteiger charge is -2.04. The maximum Gasteiger partial charge on any atom is 0.322 e. The third-order valence-electron chi connectivity index (χ3n) is 4.20. The van der Waals surface area contributed by atoms with Gasteiger partial charge >= 0.3 is 6.01 Å². The predicted molar refractivity (Wildman–Crippen MR) is 105 cm³/mol. The molecule has 1 amide bonds. The van der Waals surface area contributed by atoms with Crippen LogP contribution in [0.15, 0.2) is 63.9 Å². The number of aryl methyl sites for hydroxylation is 1. The number of aromatic nitrogens is 2. The van der Waals surface area contributed by atoms with E-state index in [1.165, 1.54) is 17.7 Å². The van der Waals surface area contributed by atoms with Crippen molar-refractivity contribution in [2.24, 2.45) is 0 Å². The SMILES string of the molecule is CCc1ccc(Cc2nnc(NC(=O)CCS(=O)(=O)c3ccccc3)o2)cc1. The first kappa shape index (κ1) is 19.8. The number of anilines is 1. The number of amides is 1. The summed E-state index contributed by atoms with van der Waals surface area (Å²) in [6.45, 7) is 2.09. The fourth-order valence-electron chi connectivity index (χ4n) is 2.60. The van der Waals surface area contributed by atoms with Crippen LogP contribution in [0.4, 0.5) is 6.01 Å². The summed E-state index contributed by atoms with van der Waals surface area (Å²) in [5.74, 6) is -0.424. The van der Waals surface area contributed by atoms with Crippen molar-refractivity contribution in [1.82, 2.24) is 10.2 Å². The quantitative estimate of drug-likeness (QED) is 0.625. The minimum absolute atomic E-state index is 0.0395. The number of hydrogen-bond donors (Lipinski definition) is 1. The van der Waals surface area contributed by atoms with Gasteiger partial charge in [0.1, 0.15) is 0 Å². The standard InChI is InChI=1S/C20H21N3O4S/c1-2-15-8-10-16(11-9-15)14-19-22-23-20(27-19)21-18(24)12-13-28(25,26)17-6-4-3-5-7-17/h3-11H,2,12-14H2,1H3,(H,21,23,24). The lowest BCUT2D eigenvalue weighted by Crippen LogP contribution is -2.17. The van der Waals surface area contributed by atoms with Crippen LogP contribution in [0.5, 0.6) is 0 Å². The van der Waals surface area contributed by atoms with Gasteiger partial charge in [0.05, 0.1) is 17.1 Å². The molecule has 8 heteroatoms. The molecule has 28 heavy (non-hydrogen) atoms. The summed E-state index contributed by atoms with van der Waals surface area (Å²) in [6.07, 6.45) is 1.22. The minimum Gasteiger partial charge on any atom is -0.407 e. The number of nitrogens with one attached hydrogen (secondary N) is 1. The van der Waals surface area contributed by atoms with Gasteiger partial charge in [0.15, 0.2) is 9.84 Å². The Bertz CT molecular complexity index is 1030. The number of nitrogens with zero attached hydrogens (tertiary/aromatic N) is 2. The molecule has 0 aliphatic carbocycles. The Hall–Kier alpha value is -3.00. The summed E-state index contributed by atoms with van der Waals surface area (Å²) in [7, 11) is -3.52. The zero-order chi connectivity index (χ0) is 20.0. The average Bonchev–Trinajstić information content (AvgIpc) is 3.14. The van der Waals surface area contributed by atoms with Crippen LogP contribution in [-0.4, -0.2) is 30.3 Å². The van der Waals surface area contributed by atoms with E-state index in [0.29, 0.717) is 12.3 Å². The van der Waals surface area contributed by atoms with Gasteiger partial charge in [-0.05, 0) is 29.7 Å². The third kappa shape index (κ3) is 5.26. The molecular weight excluding hydrogens is 378 g/mol. The molecule has 0 aliphatic heterocycles. The van der Waals surface area contributed by atoms with Gasteiger partial charge in [-0.1, -0.05) is 54.5 Å². The fourth-order valence-corrected chi connectivity index (χ4v) is 3.86. The Morgan fingerprint density at radius 1 is 1.00 bits per heavy atom. The van der Waals surface area contributed by atoms with Crippen molar-refractivity contribution in [2.45, 2.75) is 31.1 Å². The van der Waals surface area contributed by atoms with E-state index in [1.54, 1.807) is 18.2 Å². The molecule has 0 radical (unpaired) electrons. The van der Waals surface area contributed by atoms with Gasteiger partial charge < -0.3 is 4.42 Å². The first-order valence-corrected chi connectivity index (χ1v) is 10.6. The molecular formula is C20H21N3O4S. The largest absolute Gasteiger partial charge is 0.407 e. The highest BCUT2D eigenvalue weighted by Crippen LogP contribution is 2.14. The summed E-state index contributed by atoms with van der Waals surface area (Å²) >= 11 is 0. The molecule has 0 unspecified atom stereocenters. The van der Waals surface area contributed by atoms with Crippen LogP contribution in [-0.2, 0) is 27.5 Å². The van der Waals surface area contributed by atoms with E-state index in [0.717, 1.165) is 12.0 Å². The summed E-state index contributed by atoms with van der Waals surface area (Å²) in [5.41, 5.74) is 2.26. The molecule has 7 nitrogen and oxygen atoms in total. The van der Waals surface area contributed by atoms with Gasteiger partial charge in [-0.15, -0.1) is 5.10 Å². The van der Waals surface area contributed by atoms with Crippen LogP contribution in [0.25, 0.3) is 0 Å². The van der Waals surface area contributed by atoms with Crippen molar-refractivity contribution >= 4 is 21.8 Å². The van der Waals surface area contributed by atoms with Crippen LogP contribution < -0.4 is 5.32 Å². The molecule has 146 valence electrons. The average molecular weight is 399 g/mol. The highest BCUT2D eigenvalue weighted by Gasteiger charge is 2.17. The highest BCUT2D eigenvalue weighted by molar-refractivity contribution is 7.91. The minimum atomic E-state index is -3.52. The van der Waals surface area contributed by atoms with Crippen LogP contribution >= 0.6 is 0 Å². The topological polar surface area (TPSA) is 102 Å². The van der Waals surface area contributed by atoms with Gasteiger partial charge in [0.2, 0.25) is 11.8 Å². The van der Waals surface area contributed by atoms with Crippen molar-refractivity contribution in [1.29, 1.82) is 0 Å². The molecule has 2 aromatic carbocycles. The second kappa shape index (κ2) is 8.79. The van der Waals surface area contributed by atoms with Gasteiger partial charge in [-0.2, -0.15) is 0 Å². The van der Waals surface area contributed by atoms with Crippen LogP contribution in [0.3, 0.4) is 0 Å². The molecule has 1 aromatic heterocycles. The fraction of sp³-hybridized carbons (Fsp3) is 0.250. The Labute approximate surface area is 163 Å². The molecule has 3 aromatic rings. The highest BCUT2D eigenvalue weighted by atomic mass is 32.2. The molecule has 0 spiro atoms. The van der Waals surface area contributed by atoms with E-state index in [1.807, 2.05) is 24.3 Å². The van der Waals surface area contributed by atoms with E-state index in [2.05, 4.69) is 22.4 Å². The first-order valence-electron chi connectivity index (χ1n) is 8.94. The monoisotopic (exact) mass is 399 g/mol. The maximum absolute atomic E-state index is 12.2. The number of hydrogen-bond acceptors (Lipinski definition) is 6. The van der Waals surface area contributed by atoms with Crippen molar-refractivity contribution in [3.63, 3.8) is 0 Å². The number of sulfone groups is 1. The van der Waals surface area contributed by atoms with E-state index >= 15 is 0 Å². The lowest BCUT2D eigenvalue weighted by molar-refractivity contribution is -0.116. The zero-order valence-corrected chi connectivity index (χ0v) is 16.3. The summed E-state index contributed by atoms with van der Waals surface area (Å²) < 4.78 is 29.8. The van der Waals surface area contributed by atoms with E-state index in [4.69, 9.17) is 4.42 Å². The number of benzene rings is 2. The van der Waals surface area contributed by atoms with Crippen LogP contribution in [0.1, 0.15) is 30.4 Å². The van der Waals surface area contributed by atoms with Gasteiger partial charge in [-0.25, -0.2) is 8.42 Å². The maximum atomic E-state index is 12.2. The van der Waals surface area contributed by atoms with E-state index < -0.39 is 15.7 Å². The van der Waals surface area contributed by atoms with Gasteiger partial charge in [-0.3, -0.25) is 10.1 Å². The molecule has 0 bridgehead atoms. The Balaban J connectivity index is 1.53. The molecule has 0 aliphatic rings. The lowest BCUT2D eigenvalue weighted by atomic mass is 10.1. The second-order valence-corrected chi connectivity index (χ2v) is 8.39. The molecule has 1 heterocycles. The van der Waals surface area contributed by atoms with Gasteiger partial charge in [0, 0.05) is 6.42 Å². The van der Waals surface area contributed by atoms with Crippen molar-refractivity contribution in [2.75, 3.05) is 11.1 Å². The first-order chi connectivity index (χ1) is 13.5. The number of rotatable bonds is 8. The molecule has 3 rings (SSSR count). The van der Waals surface area contributed by atoms with E-state index in [9.17, 15) is 13.2 Å².